The van der Waals surface area contributed by atoms with Crippen molar-refractivity contribution in [2.24, 2.45) is 4.99 Å². The van der Waals surface area contributed by atoms with Gasteiger partial charge in [0.05, 0.1) is 15.0 Å². The lowest BCUT2D eigenvalue weighted by Crippen LogP contribution is -2.47. The summed E-state index contributed by atoms with van der Waals surface area (Å²) < 4.78 is 0. The van der Waals surface area contributed by atoms with Gasteiger partial charge < -0.3 is 14.9 Å². The van der Waals surface area contributed by atoms with Crippen LogP contribution in [0, 0.1) is 0 Å². The van der Waals surface area contributed by atoms with Crippen LogP contribution in [0.3, 0.4) is 0 Å². The molecule has 0 aromatic heterocycles. The maximum absolute atomic E-state index is 12.4. The summed E-state index contributed by atoms with van der Waals surface area (Å²) in [5.74, 6) is -0.236. The highest BCUT2D eigenvalue weighted by atomic mass is 35.5. The van der Waals surface area contributed by atoms with E-state index in [4.69, 9.17) is 23.2 Å². The Hall–Kier alpha value is -1.81. The van der Waals surface area contributed by atoms with E-state index >= 15 is 0 Å². The molecule has 2 aliphatic rings. The van der Waals surface area contributed by atoms with E-state index in [1.165, 1.54) is 11.8 Å². The van der Waals surface area contributed by atoms with Gasteiger partial charge in [-0.3, -0.25) is 9.69 Å². The average Bonchev–Trinajstić information content (AvgIpc) is 3.12. The molecule has 4 rings (SSSR count). The zero-order valence-corrected chi connectivity index (χ0v) is 18.9. The molecule has 2 aromatic carbocycles. The van der Waals surface area contributed by atoms with Crippen molar-refractivity contribution in [2.45, 2.75) is 6.54 Å². The smallest absolute Gasteiger partial charge is 0.423 e. The Morgan fingerprint density at radius 3 is 2.39 bits per heavy atom. The van der Waals surface area contributed by atoms with E-state index in [0.29, 0.717) is 20.4 Å². The first-order valence-electron chi connectivity index (χ1n) is 9.79. The number of benzene rings is 2. The Morgan fingerprint density at radius 2 is 1.74 bits per heavy atom. The van der Waals surface area contributed by atoms with Gasteiger partial charge in [0.1, 0.15) is 0 Å². The lowest BCUT2D eigenvalue weighted by atomic mass is 9.80. The first kappa shape index (κ1) is 22.4. The second-order valence-corrected chi connectivity index (χ2v) is 9.19. The molecule has 0 aliphatic carbocycles. The normalized spacial score (nSPS) is 18.6. The number of nitrogens with zero attached hydrogens (tertiary/aromatic N) is 3. The molecule has 6 nitrogen and oxygen atoms in total. The standard InChI is InChI=1S/C21H20BCl2N3O3S/c23-17-6-3-15(11-18(17)24)12-19-20(28)25-21(31-19)27-9-7-26(8-10-27)13-14-1-4-16(5-2-14)22(29)30/h1-6,11-12,29-30H,7-10,13H2/b19-12+. The number of piperazine rings is 1. The van der Waals surface area contributed by atoms with E-state index < -0.39 is 7.12 Å². The molecular weight excluding hydrogens is 456 g/mol. The van der Waals surface area contributed by atoms with Gasteiger partial charge in [-0.25, -0.2) is 0 Å². The highest BCUT2D eigenvalue weighted by molar-refractivity contribution is 8.18. The SMILES string of the molecule is O=C1N=C(N2CCN(Cc3ccc(B(O)O)cc3)CC2)S/C1=C/c1ccc(Cl)c(Cl)c1. The Morgan fingerprint density at radius 1 is 1.03 bits per heavy atom. The fraction of sp³-hybridized carbons (Fsp3) is 0.238. The fourth-order valence-electron chi connectivity index (χ4n) is 3.44. The minimum Gasteiger partial charge on any atom is -0.423 e. The van der Waals surface area contributed by atoms with Gasteiger partial charge in [-0.15, -0.1) is 0 Å². The summed E-state index contributed by atoms with van der Waals surface area (Å²) >= 11 is 13.4. The molecule has 10 heteroatoms. The van der Waals surface area contributed by atoms with Gasteiger partial charge in [-0.1, -0.05) is 53.5 Å². The zero-order valence-electron chi connectivity index (χ0n) is 16.5. The molecule has 0 bridgehead atoms. The summed E-state index contributed by atoms with van der Waals surface area (Å²) in [7, 11) is -1.44. The molecule has 0 unspecified atom stereocenters. The summed E-state index contributed by atoms with van der Waals surface area (Å²) in [6.07, 6.45) is 1.79. The minimum atomic E-state index is -1.44. The van der Waals surface area contributed by atoms with Crippen molar-refractivity contribution in [1.29, 1.82) is 0 Å². The number of hydrogen-bond acceptors (Lipinski definition) is 6. The van der Waals surface area contributed by atoms with E-state index in [-0.39, 0.29) is 5.91 Å². The summed E-state index contributed by atoms with van der Waals surface area (Å²) in [4.78, 5) is 21.6. The highest BCUT2D eigenvalue weighted by Gasteiger charge is 2.28. The van der Waals surface area contributed by atoms with Gasteiger partial charge in [0.25, 0.3) is 5.91 Å². The van der Waals surface area contributed by atoms with Crippen molar-refractivity contribution in [1.82, 2.24) is 9.80 Å². The molecule has 2 N–H and O–H groups in total. The molecule has 2 aliphatic heterocycles. The van der Waals surface area contributed by atoms with Crippen LogP contribution >= 0.6 is 35.0 Å². The lowest BCUT2D eigenvalue weighted by molar-refractivity contribution is -0.113. The van der Waals surface area contributed by atoms with Crippen LogP contribution in [0.2, 0.25) is 10.0 Å². The second kappa shape index (κ2) is 9.77. The monoisotopic (exact) mass is 475 g/mol. The van der Waals surface area contributed by atoms with Gasteiger partial charge >= 0.3 is 7.12 Å². The summed E-state index contributed by atoms with van der Waals surface area (Å²) in [6, 6.07) is 12.5. The topological polar surface area (TPSA) is 76.4 Å². The Bertz CT molecular complexity index is 1040. The van der Waals surface area contributed by atoms with Crippen LogP contribution in [0.4, 0.5) is 0 Å². The molecule has 2 heterocycles. The van der Waals surface area contributed by atoms with Crippen LogP contribution in [-0.2, 0) is 11.3 Å². The molecule has 160 valence electrons. The van der Waals surface area contributed by atoms with Gasteiger partial charge in [0.2, 0.25) is 0 Å². The molecule has 0 spiro atoms. The second-order valence-electron chi connectivity index (χ2n) is 7.36. The van der Waals surface area contributed by atoms with E-state index in [2.05, 4.69) is 14.8 Å². The van der Waals surface area contributed by atoms with E-state index in [1.807, 2.05) is 18.2 Å². The van der Waals surface area contributed by atoms with Crippen LogP contribution < -0.4 is 5.46 Å². The molecule has 0 atom stereocenters. The van der Waals surface area contributed by atoms with Crippen LogP contribution in [0.1, 0.15) is 11.1 Å². The number of thioether (sulfide) groups is 1. The van der Waals surface area contributed by atoms with Gasteiger partial charge in [-0.2, -0.15) is 4.99 Å². The molecular formula is C21H20BCl2N3O3S. The van der Waals surface area contributed by atoms with Crippen LogP contribution in [0.15, 0.2) is 52.4 Å². The number of amidine groups is 1. The molecule has 1 saturated heterocycles. The molecule has 31 heavy (non-hydrogen) atoms. The van der Waals surface area contributed by atoms with Crippen molar-refractivity contribution < 1.29 is 14.8 Å². The number of carbonyl (C=O) groups is 1. The number of halogens is 2. The predicted molar refractivity (Wildman–Crippen MR) is 128 cm³/mol. The number of aliphatic imine (C=N–C) groups is 1. The molecule has 1 fully saturated rings. The third-order valence-electron chi connectivity index (χ3n) is 5.18. The molecule has 1 amide bonds. The first-order valence-corrected chi connectivity index (χ1v) is 11.4. The maximum atomic E-state index is 12.4. The fourth-order valence-corrected chi connectivity index (χ4v) is 4.71. The predicted octanol–water partition coefficient (Wildman–Crippen LogP) is 2.46. The average molecular weight is 476 g/mol. The van der Waals surface area contributed by atoms with Gasteiger partial charge in [0, 0.05) is 32.7 Å². The van der Waals surface area contributed by atoms with Crippen molar-refractivity contribution in [3.05, 3.63) is 68.5 Å². The molecule has 0 radical (unpaired) electrons. The van der Waals surface area contributed by atoms with Crippen LogP contribution in [0.25, 0.3) is 6.08 Å². The minimum absolute atomic E-state index is 0.236. The Kier molecular flexibility index (Phi) is 7.06. The third-order valence-corrected chi connectivity index (χ3v) is 6.96. The van der Waals surface area contributed by atoms with Crippen LogP contribution in [0.5, 0.6) is 0 Å². The van der Waals surface area contributed by atoms with Crippen molar-refractivity contribution in [3.63, 3.8) is 0 Å². The maximum Gasteiger partial charge on any atom is 0.488 e. The number of rotatable bonds is 4. The van der Waals surface area contributed by atoms with E-state index in [1.54, 1.807) is 30.3 Å². The van der Waals surface area contributed by atoms with E-state index in [0.717, 1.165) is 49.0 Å². The summed E-state index contributed by atoms with van der Waals surface area (Å²) in [5, 5.41) is 20.1. The Balaban J connectivity index is 1.32. The van der Waals surface area contributed by atoms with Gasteiger partial charge in [0.15, 0.2) is 5.17 Å². The number of hydrogen-bond donors (Lipinski definition) is 2. The molecule has 2 aromatic rings. The summed E-state index contributed by atoms with van der Waals surface area (Å²) in [6.45, 7) is 4.06. The lowest BCUT2D eigenvalue weighted by Gasteiger charge is -2.35. The highest BCUT2D eigenvalue weighted by Crippen LogP contribution is 2.32. The van der Waals surface area contributed by atoms with Crippen molar-refractivity contribution in [3.8, 4) is 0 Å². The largest absolute Gasteiger partial charge is 0.488 e. The van der Waals surface area contributed by atoms with Crippen molar-refractivity contribution in [2.75, 3.05) is 26.2 Å². The zero-order chi connectivity index (χ0) is 22.0. The molecule has 0 saturated carbocycles. The van der Waals surface area contributed by atoms with Crippen molar-refractivity contribution >= 4 is 64.7 Å². The quantitative estimate of drug-likeness (QED) is 0.522. The number of carbonyl (C=O) groups excluding carboxylic acids is 1. The third kappa shape index (κ3) is 5.52. The van der Waals surface area contributed by atoms with E-state index in [9.17, 15) is 14.8 Å². The summed E-state index contributed by atoms with van der Waals surface area (Å²) in [5.41, 5.74) is 2.41. The van der Waals surface area contributed by atoms with Gasteiger partial charge in [-0.05, 0) is 46.6 Å². The number of amides is 1. The van der Waals surface area contributed by atoms with Crippen LogP contribution in [-0.4, -0.2) is 64.2 Å². The Labute approximate surface area is 195 Å². The first-order chi connectivity index (χ1) is 14.9.